The van der Waals surface area contributed by atoms with Gasteiger partial charge in [0.15, 0.2) is 23.3 Å². The fraction of sp³-hybridized carbons (Fsp3) is 0.667. The molecule has 1 fully saturated rings. The van der Waals surface area contributed by atoms with Gasteiger partial charge >= 0.3 is 0 Å². The van der Waals surface area contributed by atoms with Gasteiger partial charge in [0.05, 0.1) is 0 Å². The first-order valence-electron chi connectivity index (χ1n) is 7.48. The van der Waals surface area contributed by atoms with Crippen LogP contribution in [0.5, 0.6) is 0 Å². The first-order valence-corrected chi connectivity index (χ1v) is 7.48. The van der Waals surface area contributed by atoms with Crippen LogP contribution in [-0.4, -0.2) is 17.6 Å². The monoisotopic (exact) mass is 283 g/mol. The standard InChI is InChI=1S/C15H23F2N3/c1-3-8-18-14-12(16)9-13(17)15(20-14)19-10(2)11-6-4-5-7-11/h9-11H,3-8H2,1-2H3,(H2,18,19,20). The van der Waals surface area contributed by atoms with E-state index in [1.807, 2.05) is 13.8 Å². The molecule has 1 aromatic rings. The van der Waals surface area contributed by atoms with Gasteiger partial charge in [0.2, 0.25) is 0 Å². The van der Waals surface area contributed by atoms with Crippen LogP contribution in [0.4, 0.5) is 20.4 Å². The van der Waals surface area contributed by atoms with Crippen molar-refractivity contribution in [2.45, 2.75) is 52.0 Å². The highest BCUT2D eigenvalue weighted by atomic mass is 19.1. The van der Waals surface area contributed by atoms with Crippen LogP contribution in [-0.2, 0) is 0 Å². The molecule has 1 heterocycles. The third-order valence-electron chi connectivity index (χ3n) is 3.94. The number of pyridine rings is 1. The lowest BCUT2D eigenvalue weighted by molar-refractivity contribution is 0.477. The van der Waals surface area contributed by atoms with Crippen LogP contribution in [0.2, 0.25) is 0 Å². The second-order valence-electron chi connectivity index (χ2n) is 5.55. The molecule has 1 aliphatic carbocycles. The van der Waals surface area contributed by atoms with Gasteiger partial charge in [-0.3, -0.25) is 0 Å². The number of anilines is 2. The van der Waals surface area contributed by atoms with Crippen LogP contribution in [0.1, 0.15) is 46.0 Å². The number of aromatic nitrogens is 1. The maximum absolute atomic E-state index is 13.8. The lowest BCUT2D eigenvalue weighted by atomic mass is 10.00. The Morgan fingerprint density at radius 2 is 1.90 bits per heavy atom. The lowest BCUT2D eigenvalue weighted by Gasteiger charge is -2.21. The SMILES string of the molecule is CCCNc1nc(NC(C)C2CCCC2)c(F)cc1F. The molecule has 2 N–H and O–H groups in total. The first kappa shape index (κ1) is 15.0. The summed E-state index contributed by atoms with van der Waals surface area (Å²) in [6, 6.07) is 1.05. The normalized spacial score (nSPS) is 17.2. The van der Waals surface area contributed by atoms with E-state index in [0.29, 0.717) is 12.5 Å². The van der Waals surface area contributed by atoms with Crippen molar-refractivity contribution in [2.24, 2.45) is 5.92 Å². The third kappa shape index (κ3) is 3.58. The Balaban J connectivity index is 2.09. The zero-order valence-electron chi connectivity index (χ0n) is 12.2. The van der Waals surface area contributed by atoms with E-state index in [1.54, 1.807) is 0 Å². The van der Waals surface area contributed by atoms with Crippen molar-refractivity contribution in [1.29, 1.82) is 0 Å². The minimum absolute atomic E-state index is 0.120. The van der Waals surface area contributed by atoms with E-state index >= 15 is 0 Å². The summed E-state index contributed by atoms with van der Waals surface area (Å²) in [5.74, 6) is -0.462. The highest BCUT2D eigenvalue weighted by Gasteiger charge is 2.23. The van der Waals surface area contributed by atoms with Crippen LogP contribution in [0.25, 0.3) is 0 Å². The summed E-state index contributed by atoms with van der Waals surface area (Å²) in [5.41, 5.74) is 0. The van der Waals surface area contributed by atoms with Gasteiger partial charge in [0, 0.05) is 18.7 Å². The molecule has 0 bridgehead atoms. The average Bonchev–Trinajstić information content (AvgIpc) is 2.94. The van der Waals surface area contributed by atoms with Gasteiger partial charge in [-0.25, -0.2) is 13.8 Å². The van der Waals surface area contributed by atoms with Crippen molar-refractivity contribution in [1.82, 2.24) is 4.98 Å². The van der Waals surface area contributed by atoms with Gasteiger partial charge in [0.25, 0.3) is 0 Å². The Morgan fingerprint density at radius 3 is 2.55 bits per heavy atom. The maximum Gasteiger partial charge on any atom is 0.168 e. The van der Waals surface area contributed by atoms with E-state index in [-0.39, 0.29) is 17.7 Å². The quantitative estimate of drug-likeness (QED) is 0.822. The third-order valence-corrected chi connectivity index (χ3v) is 3.94. The Morgan fingerprint density at radius 1 is 1.25 bits per heavy atom. The van der Waals surface area contributed by atoms with Crippen LogP contribution in [0, 0.1) is 17.6 Å². The van der Waals surface area contributed by atoms with E-state index in [0.717, 1.165) is 25.3 Å². The molecule has 0 amide bonds. The van der Waals surface area contributed by atoms with E-state index < -0.39 is 11.6 Å². The zero-order valence-corrected chi connectivity index (χ0v) is 12.2. The minimum Gasteiger partial charge on any atom is -0.368 e. The number of halogens is 2. The van der Waals surface area contributed by atoms with Crippen molar-refractivity contribution in [3.63, 3.8) is 0 Å². The molecule has 20 heavy (non-hydrogen) atoms. The fourth-order valence-corrected chi connectivity index (χ4v) is 2.73. The summed E-state index contributed by atoms with van der Waals surface area (Å²) in [4.78, 5) is 4.05. The molecule has 0 aromatic carbocycles. The van der Waals surface area contributed by atoms with Gasteiger partial charge in [0.1, 0.15) is 0 Å². The number of hydrogen-bond donors (Lipinski definition) is 2. The number of hydrogen-bond acceptors (Lipinski definition) is 3. The molecule has 0 aliphatic heterocycles. The van der Waals surface area contributed by atoms with Crippen LogP contribution < -0.4 is 10.6 Å². The molecule has 0 saturated heterocycles. The molecule has 1 saturated carbocycles. The second kappa shape index (κ2) is 6.86. The second-order valence-corrected chi connectivity index (χ2v) is 5.55. The fourth-order valence-electron chi connectivity index (χ4n) is 2.73. The Bertz CT molecular complexity index is 445. The molecule has 1 atom stereocenters. The molecule has 112 valence electrons. The molecule has 1 aliphatic rings. The lowest BCUT2D eigenvalue weighted by Crippen LogP contribution is -2.25. The van der Waals surface area contributed by atoms with Crippen LogP contribution in [0.15, 0.2) is 6.07 Å². The molecule has 3 nitrogen and oxygen atoms in total. The van der Waals surface area contributed by atoms with Gasteiger partial charge in [-0.2, -0.15) is 0 Å². The molecule has 5 heteroatoms. The van der Waals surface area contributed by atoms with Gasteiger partial charge in [-0.05, 0) is 32.1 Å². The van der Waals surface area contributed by atoms with E-state index in [2.05, 4.69) is 15.6 Å². The summed E-state index contributed by atoms with van der Waals surface area (Å²) in [6.07, 6.45) is 5.66. The molecule has 1 unspecified atom stereocenters. The highest BCUT2D eigenvalue weighted by molar-refractivity contribution is 5.48. The zero-order chi connectivity index (χ0) is 14.5. The topological polar surface area (TPSA) is 37.0 Å². The number of nitrogens with zero attached hydrogens (tertiary/aromatic N) is 1. The van der Waals surface area contributed by atoms with Crippen molar-refractivity contribution in [2.75, 3.05) is 17.2 Å². The molecular formula is C15H23F2N3. The number of nitrogens with one attached hydrogen (secondary N) is 2. The smallest absolute Gasteiger partial charge is 0.168 e. The first-order chi connectivity index (χ1) is 9.61. The molecular weight excluding hydrogens is 260 g/mol. The summed E-state index contributed by atoms with van der Waals surface area (Å²) in [5, 5.41) is 5.98. The predicted molar refractivity (Wildman–Crippen MR) is 78.0 cm³/mol. The van der Waals surface area contributed by atoms with Crippen LogP contribution in [0.3, 0.4) is 0 Å². The summed E-state index contributed by atoms with van der Waals surface area (Å²) in [6.45, 7) is 4.64. The van der Waals surface area contributed by atoms with Crippen molar-refractivity contribution >= 4 is 11.6 Å². The molecule has 1 aromatic heterocycles. The van der Waals surface area contributed by atoms with Crippen molar-refractivity contribution < 1.29 is 8.78 Å². The summed E-state index contributed by atoms with van der Waals surface area (Å²) in [7, 11) is 0. The van der Waals surface area contributed by atoms with E-state index in [1.165, 1.54) is 12.8 Å². The summed E-state index contributed by atoms with van der Waals surface area (Å²) < 4.78 is 27.4. The van der Waals surface area contributed by atoms with Crippen molar-refractivity contribution in [3.8, 4) is 0 Å². The van der Waals surface area contributed by atoms with Crippen molar-refractivity contribution in [3.05, 3.63) is 17.7 Å². The number of rotatable bonds is 6. The van der Waals surface area contributed by atoms with E-state index in [4.69, 9.17) is 0 Å². The van der Waals surface area contributed by atoms with Gasteiger partial charge < -0.3 is 10.6 Å². The van der Waals surface area contributed by atoms with Crippen LogP contribution >= 0.6 is 0 Å². The highest BCUT2D eigenvalue weighted by Crippen LogP contribution is 2.30. The Hall–Kier alpha value is -1.39. The maximum atomic E-state index is 13.8. The largest absolute Gasteiger partial charge is 0.368 e. The molecule has 0 spiro atoms. The van der Waals surface area contributed by atoms with E-state index in [9.17, 15) is 8.78 Å². The van der Waals surface area contributed by atoms with Gasteiger partial charge in [-0.1, -0.05) is 19.8 Å². The summed E-state index contributed by atoms with van der Waals surface area (Å²) >= 11 is 0. The molecule has 0 radical (unpaired) electrons. The molecule has 2 rings (SSSR count). The Kier molecular flexibility index (Phi) is 5.15. The van der Waals surface area contributed by atoms with Gasteiger partial charge in [-0.15, -0.1) is 0 Å². The minimum atomic E-state index is -0.644. The average molecular weight is 283 g/mol. The predicted octanol–water partition coefficient (Wildman–Crippen LogP) is 4.17. The Labute approximate surface area is 119 Å².